The van der Waals surface area contributed by atoms with Crippen LogP contribution in [0.2, 0.25) is 5.02 Å². The number of furan rings is 1. The lowest BCUT2D eigenvalue weighted by molar-refractivity contribution is 0.494. The van der Waals surface area contributed by atoms with Gasteiger partial charge in [-0.05, 0) is 59.8 Å². The van der Waals surface area contributed by atoms with Gasteiger partial charge in [0.25, 0.3) is 0 Å². The Balaban J connectivity index is 1.21. The van der Waals surface area contributed by atoms with Crippen LogP contribution in [0.5, 0.6) is 0 Å². The Labute approximate surface area is 178 Å². The van der Waals surface area contributed by atoms with Crippen LogP contribution in [0.15, 0.2) is 76.3 Å². The summed E-state index contributed by atoms with van der Waals surface area (Å²) in [5, 5.41) is 16.9. The van der Waals surface area contributed by atoms with E-state index in [1.54, 1.807) is 16.4 Å². The van der Waals surface area contributed by atoms with Gasteiger partial charge in [-0.1, -0.05) is 53.7 Å². The van der Waals surface area contributed by atoms with E-state index in [1.165, 1.54) is 0 Å². The SMILES string of the molecule is Clc1ccccc1-c1ccc(CNCCCSc2nnnn2-c2ccccc2)o1. The van der Waals surface area contributed by atoms with Gasteiger partial charge in [-0.25, -0.2) is 0 Å². The first-order valence-electron chi connectivity index (χ1n) is 9.32. The molecular weight excluding hydrogens is 406 g/mol. The van der Waals surface area contributed by atoms with E-state index < -0.39 is 0 Å². The van der Waals surface area contributed by atoms with Crippen molar-refractivity contribution in [1.29, 1.82) is 0 Å². The van der Waals surface area contributed by atoms with Crippen LogP contribution < -0.4 is 5.32 Å². The van der Waals surface area contributed by atoms with E-state index in [9.17, 15) is 0 Å². The molecule has 4 rings (SSSR count). The molecule has 0 saturated carbocycles. The molecule has 0 bridgehead atoms. The first kappa shape index (κ1) is 19.7. The number of benzene rings is 2. The summed E-state index contributed by atoms with van der Waals surface area (Å²) in [4.78, 5) is 0. The number of para-hydroxylation sites is 1. The molecule has 0 saturated heterocycles. The van der Waals surface area contributed by atoms with Gasteiger partial charge < -0.3 is 9.73 Å². The monoisotopic (exact) mass is 425 g/mol. The lowest BCUT2D eigenvalue weighted by Crippen LogP contribution is -2.14. The van der Waals surface area contributed by atoms with E-state index in [0.29, 0.717) is 11.6 Å². The Morgan fingerprint density at radius 3 is 2.69 bits per heavy atom. The van der Waals surface area contributed by atoms with E-state index in [4.69, 9.17) is 16.0 Å². The number of thioether (sulfide) groups is 1. The molecule has 0 aliphatic carbocycles. The number of hydrogen-bond donors (Lipinski definition) is 1. The fraction of sp³-hybridized carbons (Fsp3) is 0.190. The van der Waals surface area contributed by atoms with Gasteiger partial charge in [-0.15, -0.1) is 5.10 Å². The van der Waals surface area contributed by atoms with Gasteiger partial charge in [0.15, 0.2) is 0 Å². The van der Waals surface area contributed by atoms with E-state index in [2.05, 4.69) is 20.8 Å². The third-order valence-electron chi connectivity index (χ3n) is 4.27. The Hall–Kier alpha value is -2.61. The van der Waals surface area contributed by atoms with Crippen molar-refractivity contribution >= 4 is 23.4 Å². The van der Waals surface area contributed by atoms with Crippen LogP contribution in [0, 0.1) is 0 Å². The van der Waals surface area contributed by atoms with Crippen LogP contribution in [0.4, 0.5) is 0 Å². The quantitative estimate of drug-likeness (QED) is 0.305. The largest absolute Gasteiger partial charge is 0.460 e. The molecule has 0 aliphatic heterocycles. The molecule has 2 aromatic heterocycles. The third-order valence-corrected chi connectivity index (χ3v) is 5.61. The minimum atomic E-state index is 0.677. The van der Waals surface area contributed by atoms with Crippen molar-refractivity contribution < 1.29 is 4.42 Å². The van der Waals surface area contributed by atoms with E-state index in [1.807, 2.05) is 66.7 Å². The summed E-state index contributed by atoms with van der Waals surface area (Å²) in [6.45, 7) is 1.55. The molecule has 148 valence electrons. The first-order chi connectivity index (χ1) is 14.3. The Kier molecular flexibility index (Phi) is 6.61. The number of nitrogens with one attached hydrogen (secondary N) is 1. The molecule has 0 radical (unpaired) electrons. The molecule has 6 nitrogen and oxygen atoms in total. The van der Waals surface area contributed by atoms with Crippen LogP contribution in [0.1, 0.15) is 12.2 Å². The number of aromatic nitrogens is 4. The van der Waals surface area contributed by atoms with Crippen molar-refractivity contribution in [3.63, 3.8) is 0 Å². The summed E-state index contributed by atoms with van der Waals surface area (Å²) in [6.07, 6.45) is 0.990. The van der Waals surface area contributed by atoms with Gasteiger partial charge in [0, 0.05) is 11.3 Å². The summed E-state index contributed by atoms with van der Waals surface area (Å²) in [5.41, 5.74) is 1.87. The third kappa shape index (κ3) is 5.06. The fourth-order valence-electron chi connectivity index (χ4n) is 2.85. The topological polar surface area (TPSA) is 68.8 Å². The average molecular weight is 426 g/mol. The molecule has 1 N–H and O–H groups in total. The molecule has 0 spiro atoms. The van der Waals surface area contributed by atoms with Crippen molar-refractivity contribution in [3.05, 3.63) is 77.5 Å². The van der Waals surface area contributed by atoms with Gasteiger partial charge >= 0.3 is 0 Å². The zero-order chi connectivity index (χ0) is 19.9. The second kappa shape index (κ2) is 9.73. The standard InChI is InChI=1S/C21H20ClN5OS/c22-19-10-5-4-9-18(19)20-12-11-17(28-20)15-23-13-6-14-29-21-24-25-26-27(21)16-7-2-1-3-8-16/h1-5,7-12,23H,6,13-15H2. The van der Waals surface area contributed by atoms with Gasteiger partial charge in [0.2, 0.25) is 5.16 Å². The number of nitrogens with zero attached hydrogens (tertiary/aromatic N) is 4. The summed E-state index contributed by atoms with van der Waals surface area (Å²) in [6, 6.07) is 21.5. The molecular formula is C21H20ClN5OS. The second-order valence-corrected chi connectivity index (χ2v) is 7.80. The summed E-state index contributed by atoms with van der Waals surface area (Å²) in [7, 11) is 0. The van der Waals surface area contributed by atoms with Crippen LogP contribution in [-0.4, -0.2) is 32.5 Å². The number of rotatable bonds is 9. The highest BCUT2D eigenvalue weighted by molar-refractivity contribution is 7.99. The Morgan fingerprint density at radius 2 is 1.83 bits per heavy atom. The molecule has 0 fully saturated rings. The molecule has 29 heavy (non-hydrogen) atoms. The molecule has 8 heteroatoms. The van der Waals surface area contributed by atoms with E-state index >= 15 is 0 Å². The summed E-state index contributed by atoms with van der Waals surface area (Å²) < 4.78 is 7.66. The van der Waals surface area contributed by atoms with Crippen LogP contribution >= 0.6 is 23.4 Å². The lowest BCUT2D eigenvalue weighted by atomic mass is 10.2. The van der Waals surface area contributed by atoms with Crippen molar-refractivity contribution in [3.8, 4) is 17.0 Å². The van der Waals surface area contributed by atoms with Crippen LogP contribution in [0.25, 0.3) is 17.0 Å². The zero-order valence-electron chi connectivity index (χ0n) is 15.7. The number of tetrazole rings is 1. The molecule has 0 aliphatic rings. The highest BCUT2D eigenvalue weighted by atomic mass is 35.5. The number of halogens is 1. The molecule has 2 aromatic carbocycles. The van der Waals surface area contributed by atoms with Crippen LogP contribution in [-0.2, 0) is 6.54 Å². The second-order valence-electron chi connectivity index (χ2n) is 6.33. The van der Waals surface area contributed by atoms with Gasteiger partial charge in [-0.2, -0.15) is 4.68 Å². The molecule has 0 unspecified atom stereocenters. The maximum absolute atomic E-state index is 6.23. The van der Waals surface area contributed by atoms with Gasteiger partial charge in [-0.3, -0.25) is 0 Å². The normalized spacial score (nSPS) is 11.1. The van der Waals surface area contributed by atoms with Crippen molar-refractivity contribution in [1.82, 2.24) is 25.5 Å². The maximum atomic E-state index is 6.23. The molecule has 2 heterocycles. The average Bonchev–Trinajstić information content (AvgIpc) is 3.41. The molecule has 4 aromatic rings. The fourth-order valence-corrected chi connectivity index (χ4v) is 3.91. The zero-order valence-corrected chi connectivity index (χ0v) is 17.2. The van der Waals surface area contributed by atoms with E-state index in [0.717, 1.165) is 46.6 Å². The van der Waals surface area contributed by atoms with Crippen molar-refractivity contribution in [2.75, 3.05) is 12.3 Å². The van der Waals surface area contributed by atoms with Gasteiger partial charge in [0.05, 0.1) is 17.3 Å². The highest BCUT2D eigenvalue weighted by Crippen LogP contribution is 2.29. The summed E-state index contributed by atoms with van der Waals surface area (Å²) >= 11 is 7.87. The molecule has 0 atom stereocenters. The maximum Gasteiger partial charge on any atom is 0.214 e. The smallest absolute Gasteiger partial charge is 0.214 e. The Morgan fingerprint density at radius 1 is 1.00 bits per heavy atom. The van der Waals surface area contributed by atoms with E-state index in [-0.39, 0.29) is 0 Å². The van der Waals surface area contributed by atoms with Crippen molar-refractivity contribution in [2.24, 2.45) is 0 Å². The highest BCUT2D eigenvalue weighted by Gasteiger charge is 2.09. The van der Waals surface area contributed by atoms with Crippen molar-refractivity contribution in [2.45, 2.75) is 18.1 Å². The Bertz CT molecular complexity index is 1050. The predicted octanol–water partition coefficient (Wildman–Crippen LogP) is 4.85. The first-order valence-corrected chi connectivity index (χ1v) is 10.7. The summed E-state index contributed by atoms with van der Waals surface area (Å²) in [5.74, 6) is 2.60. The predicted molar refractivity (Wildman–Crippen MR) is 115 cm³/mol. The minimum Gasteiger partial charge on any atom is -0.460 e. The molecule has 0 amide bonds. The minimum absolute atomic E-state index is 0.677. The number of hydrogen-bond acceptors (Lipinski definition) is 6. The van der Waals surface area contributed by atoms with Crippen LogP contribution in [0.3, 0.4) is 0 Å². The van der Waals surface area contributed by atoms with Gasteiger partial charge in [0.1, 0.15) is 11.5 Å². The lowest BCUT2D eigenvalue weighted by Gasteiger charge is -2.05.